The van der Waals surface area contributed by atoms with Crippen molar-refractivity contribution >= 4 is 21.1 Å². The molecule has 4 aliphatic rings. The molecule has 0 aliphatic heterocycles. The quantitative estimate of drug-likeness (QED) is 0.587. The zero-order chi connectivity index (χ0) is 22.8. The van der Waals surface area contributed by atoms with Crippen molar-refractivity contribution in [2.45, 2.75) is 50.3 Å². The van der Waals surface area contributed by atoms with Gasteiger partial charge in [0.2, 0.25) is 10.0 Å². The fourth-order valence-corrected chi connectivity index (χ4v) is 8.50. The third-order valence-electron chi connectivity index (χ3n) is 7.98. The van der Waals surface area contributed by atoms with Crippen molar-refractivity contribution in [3.05, 3.63) is 42.0 Å². The van der Waals surface area contributed by atoms with Crippen molar-refractivity contribution in [1.82, 2.24) is 19.7 Å². The van der Waals surface area contributed by atoms with Crippen LogP contribution in [0.2, 0.25) is 0 Å². The summed E-state index contributed by atoms with van der Waals surface area (Å²) in [5, 5.41) is 9.08. The number of aryl methyl sites for hydroxylation is 1. The van der Waals surface area contributed by atoms with Crippen LogP contribution in [-0.2, 0) is 10.0 Å². The van der Waals surface area contributed by atoms with Gasteiger partial charge in [0.25, 0.3) is 0 Å². The summed E-state index contributed by atoms with van der Waals surface area (Å²) in [6, 6.07) is 11.1. The molecule has 1 N–H and O–H groups in total. The second-order valence-electron chi connectivity index (χ2n) is 10.5. The smallest absolute Gasteiger partial charge is 0.244 e. The summed E-state index contributed by atoms with van der Waals surface area (Å²) in [6.07, 6.45) is 7.48. The van der Waals surface area contributed by atoms with Gasteiger partial charge in [-0.3, -0.25) is 0 Å². The molecule has 8 heteroatoms. The Morgan fingerprint density at radius 3 is 2.15 bits per heavy atom. The standard InChI is InChI=1S/C25H30N4O3S/c1-16-7-22(29-27-20-5-3-4-6-21(20)28-29)24(32-2)23(8-16)33(30,31)26-15-25-12-17-9-18(13-25)11-19(10-17)14-25/h3-8,17-19,26H,9-15H2,1-2H3. The van der Waals surface area contributed by atoms with Crippen LogP contribution in [0.1, 0.15) is 44.1 Å². The Morgan fingerprint density at radius 1 is 1.03 bits per heavy atom. The van der Waals surface area contributed by atoms with Gasteiger partial charge in [0.05, 0.1) is 7.11 Å². The molecule has 0 saturated heterocycles. The molecule has 7 nitrogen and oxygen atoms in total. The fraction of sp³-hybridized carbons (Fsp3) is 0.520. The average molecular weight is 467 g/mol. The highest BCUT2D eigenvalue weighted by atomic mass is 32.2. The Morgan fingerprint density at radius 2 is 1.61 bits per heavy atom. The molecule has 4 aliphatic carbocycles. The van der Waals surface area contributed by atoms with Gasteiger partial charge in [-0.2, -0.15) is 0 Å². The van der Waals surface area contributed by atoms with Crippen molar-refractivity contribution < 1.29 is 13.2 Å². The monoisotopic (exact) mass is 466 g/mol. The molecule has 7 rings (SSSR count). The van der Waals surface area contributed by atoms with E-state index in [-0.39, 0.29) is 16.1 Å². The van der Waals surface area contributed by atoms with Crippen LogP contribution in [0.4, 0.5) is 0 Å². The predicted octanol–water partition coefficient (Wildman–Crippen LogP) is 4.23. The summed E-state index contributed by atoms with van der Waals surface area (Å²) in [5.41, 5.74) is 2.92. The van der Waals surface area contributed by atoms with Gasteiger partial charge in [-0.1, -0.05) is 12.1 Å². The summed E-state index contributed by atoms with van der Waals surface area (Å²) in [4.78, 5) is 1.61. The van der Waals surface area contributed by atoms with Crippen molar-refractivity contribution in [3.8, 4) is 11.4 Å². The minimum atomic E-state index is -3.77. The number of nitrogens with one attached hydrogen (secondary N) is 1. The van der Waals surface area contributed by atoms with Crippen LogP contribution >= 0.6 is 0 Å². The Labute approximate surface area is 194 Å². The lowest BCUT2D eigenvalue weighted by molar-refractivity contribution is -0.0487. The van der Waals surface area contributed by atoms with Crippen molar-refractivity contribution in [2.75, 3.05) is 13.7 Å². The van der Waals surface area contributed by atoms with Gasteiger partial charge in [0, 0.05) is 6.54 Å². The Bertz CT molecular complexity index is 1260. The van der Waals surface area contributed by atoms with Crippen LogP contribution in [0.5, 0.6) is 5.75 Å². The average Bonchev–Trinajstić information content (AvgIpc) is 3.21. The molecule has 33 heavy (non-hydrogen) atoms. The normalized spacial score (nSPS) is 28.5. The maximum atomic E-state index is 13.6. The first-order valence-electron chi connectivity index (χ1n) is 11.8. The van der Waals surface area contributed by atoms with Crippen molar-refractivity contribution in [2.24, 2.45) is 23.2 Å². The number of methoxy groups -OCH3 is 1. The van der Waals surface area contributed by atoms with Gasteiger partial charge >= 0.3 is 0 Å². The molecule has 0 radical (unpaired) electrons. The lowest BCUT2D eigenvalue weighted by Gasteiger charge is -2.56. The predicted molar refractivity (Wildman–Crippen MR) is 126 cm³/mol. The minimum absolute atomic E-state index is 0.114. The van der Waals surface area contributed by atoms with E-state index in [0.717, 1.165) is 53.6 Å². The summed E-state index contributed by atoms with van der Waals surface area (Å²) >= 11 is 0. The Kier molecular flexibility index (Phi) is 4.82. The maximum Gasteiger partial charge on any atom is 0.244 e. The number of benzene rings is 2. The number of sulfonamides is 1. The van der Waals surface area contributed by atoms with Crippen LogP contribution in [0.15, 0.2) is 41.3 Å². The molecule has 1 heterocycles. The van der Waals surface area contributed by atoms with Gasteiger partial charge in [-0.25, -0.2) is 13.1 Å². The number of fused-ring (bicyclic) bond motifs is 1. The molecule has 2 aromatic carbocycles. The van der Waals surface area contributed by atoms with Gasteiger partial charge in [0.15, 0.2) is 5.75 Å². The van der Waals surface area contributed by atoms with E-state index >= 15 is 0 Å². The Hall–Kier alpha value is -2.45. The third-order valence-corrected chi connectivity index (χ3v) is 9.38. The van der Waals surface area contributed by atoms with Crippen LogP contribution in [0, 0.1) is 30.1 Å². The number of hydrogen-bond donors (Lipinski definition) is 1. The first-order valence-corrected chi connectivity index (χ1v) is 13.3. The summed E-state index contributed by atoms with van der Waals surface area (Å²) in [7, 11) is -2.28. The summed E-state index contributed by atoms with van der Waals surface area (Å²) in [5.74, 6) is 2.60. The molecule has 0 unspecified atom stereocenters. The molecule has 0 amide bonds. The summed E-state index contributed by atoms with van der Waals surface area (Å²) in [6.45, 7) is 2.39. The first kappa shape index (κ1) is 21.1. The van der Waals surface area contributed by atoms with E-state index in [0.29, 0.717) is 12.2 Å². The van der Waals surface area contributed by atoms with Crippen molar-refractivity contribution in [1.29, 1.82) is 0 Å². The number of aromatic nitrogens is 3. The largest absolute Gasteiger partial charge is 0.493 e. The maximum absolute atomic E-state index is 13.6. The SMILES string of the molecule is COc1c(-n2nc3ccccc3n2)cc(C)cc1S(=O)(=O)NCC12CC3CC(CC(C3)C1)C2. The summed E-state index contributed by atoms with van der Waals surface area (Å²) < 4.78 is 35.8. The molecule has 4 saturated carbocycles. The number of ether oxygens (including phenoxy) is 1. The number of hydrogen-bond acceptors (Lipinski definition) is 5. The highest BCUT2D eigenvalue weighted by Gasteiger charge is 2.51. The van der Waals surface area contributed by atoms with Gasteiger partial charge in [0.1, 0.15) is 21.6 Å². The van der Waals surface area contributed by atoms with E-state index in [9.17, 15) is 8.42 Å². The van der Waals surface area contributed by atoms with E-state index < -0.39 is 10.0 Å². The molecular formula is C25H30N4O3S. The van der Waals surface area contributed by atoms with E-state index in [4.69, 9.17) is 4.74 Å². The first-order chi connectivity index (χ1) is 15.8. The van der Waals surface area contributed by atoms with Crippen molar-refractivity contribution in [3.63, 3.8) is 0 Å². The van der Waals surface area contributed by atoms with E-state index in [1.807, 2.05) is 37.3 Å². The topological polar surface area (TPSA) is 86.1 Å². The van der Waals surface area contributed by atoms with Crippen LogP contribution in [0.3, 0.4) is 0 Å². The zero-order valence-corrected chi connectivity index (χ0v) is 19.9. The number of nitrogens with zero attached hydrogens (tertiary/aromatic N) is 3. The van der Waals surface area contributed by atoms with E-state index in [2.05, 4.69) is 14.9 Å². The van der Waals surface area contributed by atoms with Gasteiger partial charge in [-0.05, 0) is 98.4 Å². The van der Waals surface area contributed by atoms with Gasteiger partial charge < -0.3 is 4.74 Å². The van der Waals surface area contributed by atoms with E-state index in [1.54, 1.807) is 6.07 Å². The van der Waals surface area contributed by atoms with Crippen LogP contribution in [0.25, 0.3) is 16.7 Å². The third kappa shape index (κ3) is 3.64. The molecule has 1 aromatic heterocycles. The second-order valence-corrected chi connectivity index (χ2v) is 12.3. The molecule has 3 aromatic rings. The molecule has 0 atom stereocenters. The van der Waals surface area contributed by atoms with Crippen LogP contribution < -0.4 is 9.46 Å². The number of rotatable bonds is 6. The van der Waals surface area contributed by atoms with E-state index in [1.165, 1.54) is 31.2 Å². The highest BCUT2D eigenvalue weighted by Crippen LogP contribution is 2.59. The lowest BCUT2D eigenvalue weighted by Crippen LogP contribution is -2.51. The van der Waals surface area contributed by atoms with Crippen LogP contribution in [-0.4, -0.2) is 37.1 Å². The lowest BCUT2D eigenvalue weighted by atomic mass is 9.50. The minimum Gasteiger partial charge on any atom is -0.493 e. The molecule has 4 bridgehead atoms. The highest BCUT2D eigenvalue weighted by molar-refractivity contribution is 7.89. The molecular weight excluding hydrogens is 436 g/mol. The molecule has 4 fully saturated rings. The zero-order valence-electron chi connectivity index (χ0n) is 19.1. The fourth-order valence-electron chi connectivity index (χ4n) is 7.07. The second kappa shape index (κ2) is 7.53. The Balaban J connectivity index is 1.34. The molecule has 174 valence electrons. The molecule has 0 spiro atoms. The van der Waals surface area contributed by atoms with Gasteiger partial charge in [-0.15, -0.1) is 15.0 Å².